The van der Waals surface area contributed by atoms with Crippen molar-refractivity contribution in [2.24, 2.45) is 0 Å². The summed E-state index contributed by atoms with van der Waals surface area (Å²) in [5.74, 6) is 0.675. The number of benzene rings is 1. The van der Waals surface area contributed by atoms with Crippen LogP contribution in [0.4, 0.5) is 5.69 Å². The summed E-state index contributed by atoms with van der Waals surface area (Å²) in [6.07, 6.45) is 4.05. The minimum atomic E-state index is -0.254. The molecule has 1 fully saturated rings. The van der Waals surface area contributed by atoms with Crippen LogP contribution in [-0.2, 0) is 12.8 Å². The van der Waals surface area contributed by atoms with Crippen LogP contribution in [0.15, 0.2) is 35.1 Å². The number of nitrogens with one attached hydrogen (secondary N) is 1. The van der Waals surface area contributed by atoms with Crippen molar-refractivity contribution in [1.82, 2.24) is 9.88 Å². The number of nitrogens with zero attached hydrogens (tertiary/aromatic N) is 2. The first-order valence-corrected chi connectivity index (χ1v) is 10.0. The van der Waals surface area contributed by atoms with Crippen molar-refractivity contribution < 1.29 is 9.53 Å². The highest BCUT2D eigenvalue weighted by atomic mass is 16.5. The van der Waals surface area contributed by atoms with E-state index in [9.17, 15) is 9.59 Å². The molecule has 1 N–H and O–H groups in total. The number of ether oxygens (including phenoxy) is 1. The van der Waals surface area contributed by atoms with Crippen LogP contribution in [-0.4, -0.2) is 48.6 Å². The first-order chi connectivity index (χ1) is 13.6. The van der Waals surface area contributed by atoms with Crippen LogP contribution in [0.5, 0.6) is 5.75 Å². The van der Waals surface area contributed by atoms with Gasteiger partial charge < -0.3 is 19.5 Å². The van der Waals surface area contributed by atoms with E-state index in [4.69, 9.17) is 4.74 Å². The van der Waals surface area contributed by atoms with Gasteiger partial charge in [-0.1, -0.05) is 0 Å². The van der Waals surface area contributed by atoms with E-state index in [1.54, 1.807) is 7.11 Å². The summed E-state index contributed by atoms with van der Waals surface area (Å²) in [6.45, 7) is 4.12. The largest absolute Gasteiger partial charge is 0.497 e. The number of aromatic amines is 1. The average Bonchev–Trinajstić information content (AvgIpc) is 2.72. The van der Waals surface area contributed by atoms with E-state index in [1.165, 1.54) is 0 Å². The van der Waals surface area contributed by atoms with Gasteiger partial charge in [0.1, 0.15) is 11.3 Å². The second-order valence-corrected chi connectivity index (χ2v) is 7.71. The fourth-order valence-corrected chi connectivity index (χ4v) is 4.28. The van der Waals surface area contributed by atoms with E-state index in [1.807, 2.05) is 42.2 Å². The van der Waals surface area contributed by atoms with E-state index < -0.39 is 0 Å². The third kappa shape index (κ3) is 3.51. The molecule has 1 saturated heterocycles. The summed E-state index contributed by atoms with van der Waals surface area (Å²) in [6, 6.07) is 9.83. The molecule has 0 unspecified atom stereocenters. The van der Waals surface area contributed by atoms with Crippen molar-refractivity contribution in [3.63, 3.8) is 0 Å². The third-order valence-electron chi connectivity index (χ3n) is 5.89. The molecule has 28 heavy (non-hydrogen) atoms. The molecule has 2 heterocycles. The lowest BCUT2D eigenvalue weighted by Gasteiger charge is -2.41. The van der Waals surface area contributed by atoms with Crippen LogP contribution in [0.25, 0.3) is 0 Å². The molecule has 0 saturated carbocycles. The van der Waals surface area contributed by atoms with Crippen LogP contribution in [0.1, 0.15) is 41.4 Å². The molecule has 1 amide bonds. The standard InChI is InChI=1S/C22H27N3O3/c1-15-14-24(17-7-9-18(28-2)10-8-17)11-12-25(15)22(27)19-13-16-5-3-4-6-20(16)23-21(19)26/h7-10,13,15H,3-6,11-12,14H2,1-2H3,(H,23,26)/t15-/m0/s1. The number of amides is 1. The van der Waals surface area contributed by atoms with Gasteiger partial charge in [-0.3, -0.25) is 9.59 Å². The highest BCUT2D eigenvalue weighted by molar-refractivity contribution is 5.94. The Morgan fingerprint density at radius 3 is 2.61 bits per heavy atom. The van der Waals surface area contributed by atoms with Crippen molar-refractivity contribution in [1.29, 1.82) is 0 Å². The summed E-state index contributed by atoms with van der Waals surface area (Å²) in [5.41, 5.74) is 3.27. The van der Waals surface area contributed by atoms with Gasteiger partial charge in [0.05, 0.1) is 7.11 Å². The SMILES string of the molecule is COc1ccc(N2CCN(C(=O)c3cc4c([nH]c3=O)CCCC4)[C@@H](C)C2)cc1. The van der Waals surface area contributed by atoms with E-state index in [-0.39, 0.29) is 23.1 Å². The second kappa shape index (κ2) is 7.70. The fourth-order valence-electron chi connectivity index (χ4n) is 4.28. The first kappa shape index (κ1) is 18.6. The van der Waals surface area contributed by atoms with Gasteiger partial charge in [0.2, 0.25) is 0 Å². The number of rotatable bonds is 3. The predicted octanol–water partition coefficient (Wildman–Crippen LogP) is 2.61. The Morgan fingerprint density at radius 2 is 1.89 bits per heavy atom. The zero-order chi connectivity index (χ0) is 19.7. The maximum absolute atomic E-state index is 13.1. The van der Waals surface area contributed by atoms with Gasteiger partial charge in [-0.15, -0.1) is 0 Å². The highest BCUT2D eigenvalue weighted by Gasteiger charge is 2.30. The number of carbonyl (C=O) groups is 1. The number of carbonyl (C=O) groups excluding carboxylic acids is 1. The van der Waals surface area contributed by atoms with Crippen LogP contribution in [0.3, 0.4) is 0 Å². The number of hydrogen-bond donors (Lipinski definition) is 1. The fraction of sp³-hybridized carbons (Fsp3) is 0.455. The number of H-pyrrole nitrogens is 1. The number of aryl methyl sites for hydroxylation is 2. The monoisotopic (exact) mass is 381 g/mol. The molecule has 0 spiro atoms. The van der Waals surface area contributed by atoms with Gasteiger partial charge in [-0.25, -0.2) is 0 Å². The van der Waals surface area contributed by atoms with Gasteiger partial charge in [0.15, 0.2) is 0 Å². The molecule has 1 aromatic carbocycles. The highest BCUT2D eigenvalue weighted by Crippen LogP contribution is 2.24. The van der Waals surface area contributed by atoms with E-state index in [0.717, 1.165) is 61.5 Å². The zero-order valence-corrected chi connectivity index (χ0v) is 16.5. The molecule has 0 radical (unpaired) electrons. The Balaban J connectivity index is 1.50. The lowest BCUT2D eigenvalue weighted by molar-refractivity contribution is 0.0672. The number of fused-ring (bicyclic) bond motifs is 1. The Bertz CT molecular complexity index is 920. The van der Waals surface area contributed by atoms with Gasteiger partial charge >= 0.3 is 0 Å². The topological polar surface area (TPSA) is 65.6 Å². The summed E-state index contributed by atoms with van der Waals surface area (Å²) >= 11 is 0. The summed E-state index contributed by atoms with van der Waals surface area (Å²) < 4.78 is 5.22. The Labute approximate surface area is 165 Å². The smallest absolute Gasteiger partial charge is 0.261 e. The van der Waals surface area contributed by atoms with Crippen molar-refractivity contribution in [2.75, 3.05) is 31.6 Å². The van der Waals surface area contributed by atoms with E-state index in [0.29, 0.717) is 6.54 Å². The van der Waals surface area contributed by atoms with E-state index >= 15 is 0 Å². The summed E-state index contributed by atoms with van der Waals surface area (Å²) in [5, 5.41) is 0. The predicted molar refractivity (Wildman–Crippen MR) is 109 cm³/mol. The first-order valence-electron chi connectivity index (χ1n) is 10.0. The number of hydrogen-bond acceptors (Lipinski definition) is 4. The van der Waals surface area contributed by atoms with Gasteiger partial charge in [0, 0.05) is 37.1 Å². The van der Waals surface area contributed by atoms with Crippen LogP contribution < -0.4 is 15.2 Å². The molecule has 1 aliphatic carbocycles. The molecule has 148 valence electrons. The Morgan fingerprint density at radius 1 is 1.14 bits per heavy atom. The maximum Gasteiger partial charge on any atom is 0.261 e. The molecule has 6 heteroatoms. The molecule has 6 nitrogen and oxygen atoms in total. The van der Waals surface area contributed by atoms with Gasteiger partial charge in [-0.2, -0.15) is 0 Å². The van der Waals surface area contributed by atoms with Crippen molar-refractivity contribution >= 4 is 11.6 Å². The zero-order valence-electron chi connectivity index (χ0n) is 16.5. The Kier molecular flexibility index (Phi) is 5.11. The molecular weight excluding hydrogens is 354 g/mol. The lowest BCUT2D eigenvalue weighted by atomic mass is 9.94. The van der Waals surface area contributed by atoms with E-state index in [2.05, 4.69) is 9.88 Å². The molecule has 1 aliphatic heterocycles. The van der Waals surface area contributed by atoms with Crippen molar-refractivity contribution in [3.05, 3.63) is 57.5 Å². The normalized spacial score (nSPS) is 19.3. The lowest BCUT2D eigenvalue weighted by Crippen LogP contribution is -2.54. The molecule has 4 rings (SSSR count). The molecule has 2 aliphatic rings. The van der Waals surface area contributed by atoms with Crippen LogP contribution in [0, 0.1) is 0 Å². The molecule has 1 atom stereocenters. The molecular formula is C22H27N3O3. The number of aromatic nitrogens is 1. The summed E-state index contributed by atoms with van der Waals surface area (Å²) in [4.78, 5) is 32.7. The maximum atomic E-state index is 13.1. The average molecular weight is 381 g/mol. The number of anilines is 1. The second-order valence-electron chi connectivity index (χ2n) is 7.71. The van der Waals surface area contributed by atoms with Crippen LogP contribution in [0.2, 0.25) is 0 Å². The molecule has 1 aromatic heterocycles. The quantitative estimate of drug-likeness (QED) is 0.888. The van der Waals surface area contributed by atoms with Crippen molar-refractivity contribution in [2.45, 2.75) is 38.6 Å². The number of pyridine rings is 1. The summed E-state index contributed by atoms with van der Waals surface area (Å²) in [7, 11) is 1.66. The molecule has 0 bridgehead atoms. The minimum absolute atomic E-state index is 0.0267. The van der Waals surface area contributed by atoms with Crippen LogP contribution >= 0.6 is 0 Å². The minimum Gasteiger partial charge on any atom is -0.497 e. The van der Waals surface area contributed by atoms with Crippen molar-refractivity contribution in [3.8, 4) is 5.75 Å². The third-order valence-corrected chi connectivity index (χ3v) is 5.89. The Hall–Kier alpha value is -2.76. The number of methoxy groups -OCH3 is 1. The molecule has 2 aromatic rings. The van der Waals surface area contributed by atoms with Gasteiger partial charge in [0.25, 0.3) is 11.5 Å². The number of piperazine rings is 1. The van der Waals surface area contributed by atoms with Gasteiger partial charge in [-0.05, 0) is 68.5 Å².